The predicted octanol–water partition coefficient (Wildman–Crippen LogP) is 2.48. The van der Waals surface area contributed by atoms with Crippen molar-refractivity contribution in [3.8, 4) is 0 Å². The zero-order valence-corrected chi connectivity index (χ0v) is 14.8. The summed E-state index contributed by atoms with van der Waals surface area (Å²) in [6.45, 7) is 2.93. The van der Waals surface area contributed by atoms with Gasteiger partial charge >= 0.3 is 0 Å². The second-order valence-corrected chi connectivity index (χ2v) is 6.66. The Hall–Kier alpha value is -2.70. The molecule has 26 heavy (non-hydrogen) atoms. The molecule has 7 heteroatoms. The Morgan fingerprint density at radius 2 is 1.96 bits per heavy atom. The first kappa shape index (κ1) is 18.1. The molecule has 1 aliphatic rings. The van der Waals surface area contributed by atoms with Gasteiger partial charge in [0.2, 0.25) is 5.91 Å². The highest BCUT2D eigenvalue weighted by Crippen LogP contribution is 2.23. The molecule has 2 heterocycles. The van der Waals surface area contributed by atoms with Crippen LogP contribution < -0.4 is 5.32 Å². The fraction of sp³-hybridized carbons (Fsp3) is 0.368. The predicted molar refractivity (Wildman–Crippen MR) is 92.4 cm³/mol. The van der Waals surface area contributed by atoms with E-state index in [4.69, 9.17) is 0 Å². The molecule has 2 aromatic rings. The van der Waals surface area contributed by atoms with E-state index >= 15 is 0 Å². The van der Waals surface area contributed by atoms with Crippen molar-refractivity contribution in [3.05, 3.63) is 58.9 Å². The molecule has 0 aliphatic carbocycles. The number of nitrogens with zero attached hydrogens (tertiary/aromatic N) is 2. The van der Waals surface area contributed by atoms with Crippen molar-refractivity contribution in [2.75, 3.05) is 13.6 Å². The van der Waals surface area contributed by atoms with Gasteiger partial charge in [-0.05, 0) is 36.8 Å². The van der Waals surface area contributed by atoms with E-state index in [2.05, 4.69) is 5.32 Å². The van der Waals surface area contributed by atoms with Crippen molar-refractivity contribution in [1.29, 1.82) is 0 Å². The van der Waals surface area contributed by atoms with Crippen molar-refractivity contribution in [3.63, 3.8) is 0 Å². The minimum atomic E-state index is -1.04. The Labute approximate surface area is 150 Å². The van der Waals surface area contributed by atoms with Gasteiger partial charge in [-0.3, -0.25) is 9.59 Å². The summed E-state index contributed by atoms with van der Waals surface area (Å²) in [5.74, 6) is -2.54. The number of amides is 2. The van der Waals surface area contributed by atoms with Gasteiger partial charge in [-0.2, -0.15) is 0 Å². The van der Waals surface area contributed by atoms with Gasteiger partial charge in [-0.1, -0.05) is 0 Å². The van der Waals surface area contributed by atoms with Crippen LogP contribution in [0.2, 0.25) is 0 Å². The molecule has 0 spiro atoms. The van der Waals surface area contributed by atoms with Gasteiger partial charge in [0.1, 0.15) is 0 Å². The summed E-state index contributed by atoms with van der Waals surface area (Å²) >= 11 is 0. The lowest BCUT2D eigenvalue weighted by atomic mass is 10.0. The third kappa shape index (κ3) is 3.61. The standard InChI is InChI=1S/C19H21F2N3O2/c1-12-6-16(20)17(21)8-15(12)19(26)24-10-13(7-18(25)22-2)9-23-5-3-4-14(23)11-24/h3-6,8,13H,7,9-11H2,1-2H3,(H,22,25). The zero-order chi connectivity index (χ0) is 18.8. The number of aromatic nitrogens is 1. The highest BCUT2D eigenvalue weighted by molar-refractivity contribution is 5.95. The van der Waals surface area contributed by atoms with E-state index in [9.17, 15) is 18.4 Å². The van der Waals surface area contributed by atoms with Crippen molar-refractivity contribution >= 4 is 11.8 Å². The van der Waals surface area contributed by atoms with Crippen molar-refractivity contribution in [2.45, 2.75) is 26.4 Å². The Morgan fingerprint density at radius 1 is 1.23 bits per heavy atom. The van der Waals surface area contributed by atoms with Crippen LogP contribution in [-0.4, -0.2) is 34.9 Å². The monoisotopic (exact) mass is 361 g/mol. The number of carbonyl (C=O) groups excluding carboxylic acids is 2. The number of carbonyl (C=O) groups is 2. The van der Waals surface area contributed by atoms with Crippen LogP contribution in [0, 0.1) is 24.5 Å². The highest BCUT2D eigenvalue weighted by Gasteiger charge is 2.28. The lowest BCUT2D eigenvalue weighted by molar-refractivity contribution is -0.121. The number of nitrogens with one attached hydrogen (secondary N) is 1. The van der Waals surface area contributed by atoms with E-state index in [1.807, 2.05) is 22.9 Å². The topological polar surface area (TPSA) is 54.3 Å². The molecule has 1 aliphatic heterocycles. The van der Waals surface area contributed by atoms with E-state index in [1.165, 1.54) is 0 Å². The van der Waals surface area contributed by atoms with Crippen LogP contribution in [0.15, 0.2) is 30.5 Å². The zero-order valence-electron chi connectivity index (χ0n) is 14.8. The number of hydrogen-bond donors (Lipinski definition) is 1. The molecule has 1 aromatic carbocycles. The quantitative estimate of drug-likeness (QED) is 0.913. The lowest BCUT2D eigenvalue weighted by Gasteiger charge is -2.24. The molecule has 5 nitrogen and oxygen atoms in total. The summed E-state index contributed by atoms with van der Waals surface area (Å²) in [5, 5.41) is 2.61. The summed E-state index contributed by atoms with van der Waals surface area (Å²) in [6, 6.07) is 5.79. The molecule has 0 bridgehead atoms. The van der Waals surface area contributed by atoms with Gasteiger partial charge in [0.15, 0.2) is 11.6 Å². The molecular weight excluding hydrogens is 340 g/mol. The molecule has 0 fully saturated rings. The first-order chi connectivity index (χ1) is 12.4. The Bertz CT molecular complexity index is 847. The number of aryl methyl sites for hydroxylation is 1. The van der Waals surface area contributed by atoms with Crippen LogP contribution >= 0.6 is 0 Å². The normalized spacial score (nSPS) is 16.8. The lowest BCUT2D eigenvalue weighted by Crippen LogP contribution is -2.36. The molecule has 1 aromatic heterocycles. The third-order valence-corrected chi connectivity index (χ3v) is 4.75. The van der Waals surface area contributed by atoms with Gasteiger partial charge in [0.05, 0.1) is 6.54 Å². The molecule has 0 saturated heterocycles. The molecular formula is C19H21F2N3O2. The molecule has 1 atom stereocenters. The van der Waals surface area contributed by atoms with Crippen LogP contribution in [0.25, 0.3) is 0 Å². The second kappa shape index (κ2) is 7.27. The SMILES string of the molecule is CNC(=O)CC1CN(C(=O)c2cc(F)c(F)cc2C)Cc2cccn2C1. The average molecular weight is 361 g/mol. The maximum Gasteiger partial charge on any atom is 0.254 e. The summed E-state index contributed by atoms with van der Waals surface area (Å²) in [4.78, 5) is 26.4. The Morgan fingerprint density at radius 3 is 2.69 bits per heavy atom. The number of hydrogen-bond acceptors (Lipinski definition) is 2. The van der Waals surface area contributed by atoms with Crippen molar-refractivity contribution in [1.82, 2.24) is 14.8 Å². The van der Waals surface area contributed by atoms with E-state index in [-0.39, 0.29) is 29.7 Å². The van der Waals surface area contributed by atoms with Crippen LogP contribution in [-0.2, 0) is 17.9 Å². The fourth-order valence-corrected chi connectivity index (χ4v) is 3.37. The largest absolute Gasteiger partial charge is 0.359 e. The Balaban J connectivity index is 1.91. The number of rotatable bonds is 3. The van der Waals surface area contributed by atoms with E-state index in [0.29, 0.717) is 25.2 Å². The van der Waals surface area contributed by atoms with E-state index in [0.717, 1.165) is 17.8 Å². The molecule has 2 amide bonds. The number of halogens is 2. The minimum Gasteiger partial charge on any atom is -0.359 e. The van der Waals surface area contributed by atoms with Crippen LogP contribution in [0.4, 0.5) is 8.78 Å². The average Bonchev–Trinajstić information content (AvgIpc) is 2.96. The van der Waals surface area contributed by atoms with Gasteiger partial charge in [-0.25, -0.2) is 8.78 Å². The van der Waals surface area contributed by atoms with Crippen LogP contribution in [0.3, 0.4) is 0 Å². The van der Waals surface area contributed by atoms with Crippen LogP contribution in [0.5, 0.6) is 0 Å². The molecule has 138 valence electrons. The first-order valence-corrected chi connectivity index (χ1v) is 8.48. The molecule has 0 radical (unpaired) electrons. The van der Waals surface area contributed by atoms with Gasteiger partial charge < -0.3 is 14.8 Å². The van der Waals surface area contributed by atoms with Gasteiger partial charge in [0.25, 0.3) is 5.91 Å². The number of benzene rings is 1. The third-order valence-electron chi connectivity index (χ3n) is 4.75. The summed E-state index contributed by atoms with van der Waals surface area (Å²) in [5.41, 5.74) is 1.47. The maximum atomic E-state index is 13.6. The molecule has 3 rings (SSSR count). The second-order valence-electron chi connectivity index (χ2n) is 6.66. The van der Waals surface area contributed by atoms with E-state index < -0.39 is 11.6 Å². The fourth-order valence-electron chi connectivity index (χ4n) is 3.37. The molecule has 1 unspecified atom stereocenters. The molecule has 1 N–H and O–H groups in total. The van der Waals surface area contributed by atoms with Crippen molar-refractivity contribution < 1.29 is 18.4 Å². The summed E-state index contributed by atoms with van der Waals surface area (Å²) in [7, 11) is 1.58. The van der Waals surface area contributed by atoms with Gasteiger partial charge in [0, 0.05) is 49.9 Å². The van der Waals surface area contributed by atoms with E-state index in [1.54, 1.807) is 18.9 Å². The summed E-state index contributed by atoms with van der Waals surface area (Å²) in [6.07, 6.45) is 2.21. The van der Waals surface area contributed by atoms with Gasteiger partial charge in [-0.15, -0.1) is 0 Å². The molecule has 0 saturated carbocycles. The Kier molecular flexibility index (Phi) is 5.06. The highest BCUT2D eigenvalue weighted by atomic mass is 19.2. The summed E-state index contributed by atoms with van der Waals surface area (Å²) < 4.78 is 29.1. The minimum absolute atomic E-state index is 0.0712. The van der Waals surface area contributed by atoms with Crippen molar-refractivity contribution in [2.24, 2.45) is 5.92 Å². The first-order valence-electron chi connectivity index (χ1n) is 8.48. The maximum absolute atomic E-state index is 13.6. The number of fused-ring (bicyclic) bond motifs is 1. The smallest absolute Gasteiger partial charge is 0.254 e. The van der Waals surface area contributed by atoms with Crippen LogP contribution in [0.1, 0.15) is 28.0 Å².